The highest BCUT2D eigenvalue weighted by molar-refractivity contribution is 5.93. The van der Waals surface area contributed by atoms with E-state index < -0.39 is 28.6 Å². The van der Waals surface area contributed by atoms with Gasteiger partial charge in [-0.05, 0) is 6.07 Å². The number of primary amides is 1. The molecule has 9 heteroatoms. The van der Waals surface area contributed by atoms with Crippen molar-refractivity contribution in [1.29, 1.82) is 0 Å². The fraction of sp³-hybridized carbons (Fsp3) is 0.125. The number of nitro benzene ring substituents is 1. The normalized spacial score (nSPS) is 11.0. The molecule has 6 nitrogen and oxygen atoms in total. The lowest BCUT2D eigenvalue weighted by Crippen LogP contribution is -2.19. The Labute approximate surface area is 91.9 Å². The molecule has 17 heavy (non-hydrogen) atoms. The van der Waals surface area contributed by atoms with E-state index in [2.05, 4.69) is 4.74 Å². The fourth-order valence-electron chi connectivity index (χ4n) is 1.02. The van der Waals surface area contributed by atoms with E-state index >= 15 is 0 Å². The van der Waals surface area contributed by atoms with Crippen LogP contribution >= 0.6 is 0 Å². The van der Waals surface area contributed by atoms with Crippen LogP contribution in [0.4, 0.5) is 18.9 Å². The van der Waals surface area contributed by atoms with Crippen LogP contribution in [0.1, 0.15) is 10.4 Å². The molecule has 0 aliphatic carbocycles. The molecule has 0 aliphatic rings. The van der Waals surface area contributed by atoms with E-state index in [0.29, 0.717) is 12.1 Å². The highest BCUT2D eigenvalue weighted by atomic mass is 19.4. The molecule has 0 aromatic heterocycles. The van der Waals surface area contributed by atoms with Gasteiger partial charge in [-0.15, -0.1) is 13.2 Å². The van der Waals surface area contributed by atoms with E-state index in [-0.39, 0.29) is 5.56 Å². The molecule has 0 heterocycles. The smallest absolute Gasteiger partial charge is 0.398 e. The third-order valence-corrected chi connectivity index (χ3v) is 1.67. The Morgan fingerprint density at radius 1 is 1.41 bits per heavy atom. The maximum Gasteiger partial charge on any atom is 0.573 e. The highest BCUT2D eigenvalue weighted by Crippen LogP contribution is 2.32. The van der Waals surface area contributed by atoms with Crippen molar-refractivity contribution in [3.05, 3.63) is 33.9 Å². The topological polar surface area (TPSA) is 95.5 Å². The summed E-state index contributed by atoms with van der Waals surface area (Å²) >= 11 is 0. The van der Waals surface area contributed by atoms with E-state index in [4.69, 9.17) is 5.73 Å². The number of nitro groups is 1. The second-order valence-electron chi connectivity index (χ2n) is 2.85. The minimum absolute atomic E-state index is 0.324. The largest absolute Gasteiger partial charge is 0.573 e. The SMILES string of the molecule is NC(=O)c1ccc([N+](=O)[O-])c(OC(F)(F)F)c1. The molecule has 0 fully saturated rings. The van der Waals surface area contributed by atoms with E-state index in [9.17, 15) is 28.1 Å². The molecule has 1 aromatic rings. The summed E-state index contributed by atoms with van der Waals surface area (Å²) in [5.74, 6) is -2.11. The van der Waals surface area contributed by atoms with Crippen molar-refractivity contribution in [2.24, 2.45) is 5.73 Å². The maximum absolute atomic E-state index is 12.0. The van der Waals surface area contributed by atoms with Crippen LogP contribution in [-0.2, 0) is 0 Å². The first-order chi connectivity index (χ1) is 7.70. The molecule has 0 spiro atoms. The lowest BCUT2D eigenvalue weighted by atomic mass is 10.2. The molecule has 92 valence electrons. The first-order valence-corrected chi connectivity index (χ1v) is 4.04. The summed E-state index contributed by atoms with van der Waals surface area (Å²) in [5, 5.41) is 10.4. The summed E-state index contributed by atoms with van der Waals surface area (Å²) in [6, 6.07) is 2.21. The van der Waals surface area contributed by atoms with Gasteiger partial charge in [0.05, 0.1) is 4.92 Å². The number of hydrogen-bond donors (Lipinski definition) is 1. The molecule has 0 atom stereocenters. The Hall–Kier alpha value is -2.32. The summed E-state index contributed by atoms with van der Waals surface area (Å²) in [6.07, 6.45) is -5.10. The predicted molar refractivity (Wildman–Crippen MR) is 48.3 cm³/mol. The van der Waals surface area contributed by atoms with Crippen molar-refractivity contribution in [2.75, 3.05) is 0 Å². The van der Waals surface area contributed by atoms with Crippen molar-refractivity contribution in [3.63, 3.8) is 0 Å². The van der Waals surface area contributed by atoms with Crippen LogP contribution in [0.5, 0.6) is 5.75 Å². The van der Waals surface area contributed by atoms with Gasteiger partial charge in [0.2, 0.25) is 11.7 Å². The molecular formula is C8H5F3N2O4. The number of nitrogens with two attached hydrogens (primary N) is 1. The standard InChI is InChI=1S/C8H5F3N2O4/c9-8(10,11)17-6-3-4(7(12)14)1-2-5(6)13(15)16/h1-3H,(H2,12,14). The molecule has 0 saturated heterocycles. The van der Waals surface area contributed by atoms with Crippen LogP contribution in [0.15, 0.2) is 18.2 Å². The van der Waals surface area contributed by atoms with Crippen LogP contribution in [0.25, 0.3) is 0 Å². The van der Waals surface area contributed by atoms with Crippen LogP contribution in [0.2, 0.25) is 0 Å². The number of carbonyl (C=O) groups excluding carboxylic acids is 1. The van der Waals surface area contributed by atoms with Gasteiger partial charge in [0.25, 0.3) is 0 Å². The number of carbonyl (C=O) groups is 1. The third kappa shape index (κ3) is 3.33. The molecular weight excluding hydrogens is 245 g/mol. The Balaban J connectivity index is 3.25. The number of halogens is 3. The van der Waals surface area contributed by atoms with Crippen LogP contribution in [-0.4, -0.2) is 17.2 Å². The van der Waals surface area contributed by atoms with Gasteiger partial charge in [-0.3, -0.25) is 14.9 Å². The lowest BCUT2D eigenvalue weighted by molar-refractivity contribution is -0.388. The van der Waals surface area contributed by atoms with Gasteiger partial charge in [0, 0.05) is 17.7 Å². The van der Waals surface area contributed by atoms with Gasteiger partial charge in [0.15, 0.2) is 0 Å². The van der Waals surface area contributed by atoms with Crippen LogP contribution in [0, 0.1) is 10.1 Å². The van der Waals surface area contributed by atoms with Crippen molar-refractivity contribution in [1.82, 2.24) is 0 Å². The van der Waals surface area contributed by atoms with Gasteiger partial charge in [-0.2, -0.15) is 0 Å². The van der Waals surface area contributed by atoms with Crippen molar-refractivity contribution in [2.45, 2.75) is 6.36 Å². The molecule has 1 aromatic carbocycles. The van der Waals surface area contributed by atoms with Crippen molar-refractivity contribution >= 4 is 11.6 Å². The number of hydrogen-bond acceptors (Lipinski definition) is 4. The summed E-state index contributed by atoms with van der Waals surface area (Å²) in [6.45, 7) is 0. The number of benzene rings is 1. The second kappa shape index (κ2) is 4.28. The summed E-state index contributed by atoms with van der Waals surface area (Å²) in [5.41, 5.74) is 3.59. The molecule has 0 aliphatic heterocycles. The van der Waals surface area contributed by atoms with E-state index in [1.807, 2.05) is 0 Å². The minimum atomic E-state index is -5.10. The monoisotopic (exact) mass is 250 g/mol. The Kier molecular flexibility index (Phi) is 3.21. The zero-order valence-corrected chi connectivity index (χ0v) is 8.02. The quantitative estimate of drug-likeness (QED) is 0.650. The van der Waals surface area contributed by atoms with Gasteiger partial charge in [0.1, 0.15) is 0 Å². The number of ether oxygens (including phenoxy) is 1. The van der Waals surface area contributed by atoms with Crippen LogP contribution < -0.4 is 10.5 Å². The molecule has 2 N–H and O–H groups in total. The predicted octanol–water partition coefficient (Wildman–Crippen LogP) is 1.59. The van der Waals surface area contributed by atoms with E-state index in [1.165, 1.54) is 0 Å². The molecule has 0 unspecified atom stereocenters. The van der Waals surface area contributed by atoms with Crippen LogP contribution in [0.3, 0.4) is 0 Å². The minimum Gasteiger partial charge on any atom is -0.398 e. The molecule has 1 rings (SSSR count). The maximum atomic E-state index is 12.0. The first-order valence-electron chi connectivity index (χ1n) is 4.04. The summed E-state index contributed by atoms with van der Waals surface area (Å²) in [4.78, 5) is 20.1. The van der Waals surface area contributed by atoms with E-state index in [1.54, 1.807) is 0 Å². The number of amides is 1. The zero-order chi connectivity index (χ0) is 13.2. The third-order valence-electron chi connectivity index (χ3n) is 1.67. The molecule has 1 amide bonds. The molecule has 0 bridgehead atoms. The van der Waals surface area contributed by atoms with Crippen molar-refractivity contribution < 1.29 is 27.6 Å². The van der Waals surface area contributed by atoms with Gasteiger partial charge >= 0.3 is 12.0 Å². The van der Waals surface area contributed by atoms with Gasteiger partial charge < -0.3 is 10.5 Å². The Bertz CT molecular complexity index is 472. The van der Waals surface area contributed by atoms with Crippen molar-refractivity contribution in [3.8, 4) is 5.75 Å². The molecule has 0 radical (unpaired) electrons. The van der Waals surface area contributed by atoms with Gasteiger partial charge in [-0.25, -0.2) is 0 Å². The molecule has 0 saturated carbocycles. The average molecular weight is 250 g/mol. The summed E-state index contributed by atoms with van der Waals surface area (Å²) < 4.78 is 39.3. The van der Waals surface area contributed by atoms with E-state index in [0.717, 1.165) is 6.07 Å². The first kappa shape index (κ1) is 12.7. The average Bonchev–Trinajstić information content (AvgIpc) is 2.14. The zero-order valence-electron chi connectivity index (χ0n) is 8.02. The van der Waals surface area contributed by atoms with Gasteiger partial charge in [-0.1, -0.05) is 0 Å². The Morgan fingerprint density at radius 3 is 2.41 bits per heavy atom. The highest BCUT2D eigenvalue weighted by Gasteiger charge is 2.34. The Morgan fingerprint density at radius 2 is 2.00 bits per heavy atom. The number of rotatable bonds is 3. The lowest BCUT2D eigenvalue weighted by Gasteiger charge is -2.09. The second-order valence-corrected chi connectivity index (χ2v) is 2.85. The number of nitrogens with zero attached hydrogens (tertiary/aromatic N) is 1. The summed E-state index contributed by atoms with van der Waals surface area (Å²) in [7, 11) is 0. The number of alkyl halides is 3. The fourth-order valence-corrected chi connectivity index (χ4v) is 1.02.